The third kappa shape index (κ3) is 3.84. The van der Waals surface area contributed by atoms with Crippen molar-refractivity contribution in [2.75, 3.05) is 13.1 Å². The molecule has 0 aliphatic heterocycles. The van der Waals surface area contributed by atoms with Gasteiger partial charge < -0.3 is 9.88 Å². The number of aromatic amines is 1. The maximum absolute atomic E-state index is 12.8. The summed E-state index contributed by atoms with van der Waals surface area (Å²) in [5, 5.41) is 12.3. The molecule has 6 heteroatoms. The summed E-state index contributed by atoms with van der Waals surface area (Å²) >= 11 is 0. The zero-order valence-electron chi connectivity index (χ0n) is 15.5. The zero-order valence-corrected chi connectivity index (χ0v) is 15.5. The average Bonchev–Trinajstić information content (AvgIpc) is 3.11. The molecule has 27 heavy (non-hydrogen) atoms. The van der Waals surface area contributed by atoms with Crippen LogP contribution in [0.4, 0.5) is 5.69 Å². The highest BCUT2D eigenvalue weighted by Crippen LogP contribution is 2.35. The largest absolute Gasteiger partial charge is 0.361 e. The number of amides is 1. The second-order valence-corrected chi connectivity index (χ2v) is 6.46. The molecule has 0 spiro atoms. The Kier molecular flexibility index (Phi) is 5.54. The summed E-state index contributed by atoms with van der Waals surface area (Å²) in [6, 6.07) is 14.5. The van der Waals surface area contributed by atoms with Crippen molar-refractivity contribution >= 4 is 22.5 Å². The van der Waals surface area contributed by atoms with Gasteiger partial charge in [0.2, 0.25) is 5.91 Å². The summed E-state index contributed by atoms with van der Waals surface area (Å²) in [6.45, 7) is 5.20. The predicted molar refractivity (Wildman–Crippen MR) is 106 cm³/mol. The Labute approximate surface area is 158 Å². The van der Waals surface area contributed by atoms with Crippen molar-refractivity contribution in [2.45, 2.75) is 26.2 Å². The number of non-ortho nitro benzene ring substituents is 1. The molecule has 1 heterocycles. The normalized spacial score (nSPS) is 12.1. The Hall–Kier alpha value is -3.15. The highest BCUT2D eigenvalue weighted by Gasteiger charge is 2.24. The van der Waals surface area contributed by atoms with Crippen LogP contribution in [0.15, 0.2) is 54.7 Å². The standard InChI is InChI=1S/C21H23N3O3/c1-3-23(4-2)21(25)13-18(15-8-7-9-16(12-15)24(26)27)19-14-22-20-11-6-5-10-17(19)20/h5-12,14,18,22H,3-4,13H2,1-2H3. The molecule has 0 radical (unpaired) electrons. The van der Waals surface area contributed by atoms with Gasteiger partial charge in [-0.1, -0.05) is 30.3 Å². The fraction of sp³-hybridized carbons (Fsp3) is 0.286. The van der Waals surface area contributed by atoms with Gasteiger partial charge in [0.1, 0.15) is 0 Å². The second kappa shape index (κ2) is 8.03. The molecule has 0 aliphatic carbocycles. The summed E-state index contributed by atoms with van der Waals surface area (Å²) in [5.41, 5.74) is 2.77. The van der Waals surface area contributed by atoms with E-state index in [1.165, 1.54) is 6.07 Å². The van der Waals surface area contributed by atoms with E-state index in [0.717, 1.165) is 22.0 Å². The number of nitro benzene ring substituents is 1. The lowest BCUT2D eigenvalue weighted by atomic mass is 9.87. The number of benzene rings is 2. The zero-order chi connectivity index (χ0) is 19.4. The van der Waals surface area contributed by atoms with Crippen LogP contribution in [-0.4, -0.2) is 33.8 Å². The molecule has 1 atom stereocenters. The Morgan fingerprint density at radius 1 is 1.15 bits per heavy atom. The van der Waals surface area contributed by atoms with Gasteiger partial charge in [0, 0.05) is 54.7 Å². The van der Waals surface area contributed by atoms with E-state index in [1.54, 1.807) is 17.0 Å². The van der Waals surface area contributed by atoms with E-state index in [0.29, 0.717) is 13.1 Å². The number of H-pyrrole nitrogens is 1. The van der Waals surface area contributed by atoms with Crippen LogP contribution in [0, 0.1) is 10.1 Å². The van der Waals surface area contributed by atoms with Crippen LogP contribution in [0.1, 0.15) is 37.3 Å². The van der Waals surface area contributed by atoms with Crippen LogP contribution in [0.3, 0.4) is 0 Å². The van der Waals surface area contributed by atoms with Crippen LogP contribution in [0.2, 0.25) is 0 Å². The van der Waals surface area contributed by atoms with Crippen molar-refractivity contribution in [1.29, 1.82) is 0 Å². The van der Waals surface area contributed by atoms with Gasteiger partial charge in [-0.15, -0.1) is 0 Å². The van der Waals surface area contributed by atoms with Crippen LogP contribution in [0.5, 0.6) is 0 Å². The van der Waals surface area contributed by atoms with E-state index >= 15 is 0 Å². The van der Waals surface area contributed by atoms with E-state index in [1.807, 2.05) is 50.4 Å². The highest BCUT2D eigenvalue weighted by atomic mass is 16.6. The van der Waals surface area contributed by atoms with Crippen LogP contribution in [-0.2, 0) is 4.79 Å². The van der Waals surface area contributed by atoms with Crippen molar-refractivity contribution in [3.63, 3.8) is 0 Å². The summed E-state index contributed by atoms with van der Waals surface area (Å²) in [7, 11) is 0. The number of para-hydroxylation sites is 1. The molecule has 1 amide bonds. The summed E-state index contributed by atoms with van der Waals surface area (Å²) < 4.78 is 0. The van der Waals surface area contributed by atoms with Crippen molar-refractivity contribution in [2.24, 2.45) is 0 Å². The van der Waals surface area contributed by atoms with Gasteiger partial charge in [-0.25, -0.2) is 0 Å². The molecule has 1 unspecified atom stereocenters. The molecule has 3 rings (SSSR count). The van der Waals surface area contributed by atoms with Crippen molar-refractivity contribution in [1.82, 2.24) is 9.88 Å². The number of aromatic nitrogens is 1. The number of nitrogens with zero attached hydrogens (tertiary/aromatic N) is 2. The Bertz CT molecular complexity index is 960. The molecule has 0 saturated carbocycles. The number of hydrogen-bond donors (Lipinski definition) is 1. The van der Waals surface area contributed by atoms with Gasteiger partial charge in [-0.2, -0.15) is 0 Å². The van der Waals surface area contributed by atoms with E-state index in [2.05, 4.69) is 4.98 Å². The number of carbonyl (C=O) groups is 1. The van der Waals surface area contributed by atoms with E-state index in [4.69, 9.17) is 0 Å². The smallest absolute Gasteiger partial charge is 0.269 e. The number of carbonyl (C=O) groups excluding carboxylic acids is 1. The molecule has 1 aromatic heterocycles. The van der Waals surface area contributed by atoms with Crippen molar-refractivity contribution in [3.8, 4) is 0 Å². The number of nitrogens with one attached hydrogen (secondary N) is 1. The molecule has 0 fully saturated rings. The van der Waals surface area contributed by atoms with E-state index in [-0.39, 0.29) is 23.9 Å². The summed E-state index contributed by atoms with van der Waals surface area (Å²) in [5.74, 6) is -0.212. The van der Waals surface area contributed by atoms with E-state index < -0.39 is 4.92 Å². The maximum atomic E-state index is 12.8. The number of nitro groups is 1. The average molecular weight is 365 g/mol. The lowest BCUT2D eigenvalue weighted by molar-refractivity contribution is -0.384. The lowest BCUT2D eigenvalue weighted by Gasteiger charge is -2.23. The van der Waals surface area contributed by atoms with Crippen LogP contribution >= 0.6 is 0 Å². The fourth-order valence-electron chi connectivity index (χ4n) is 3.52. The van der Waals surface area contributed by atoms with Gasteiger partial charge >= 0.3 is 0 Å². The molecule has 2 aromatic carbocycles. The van der Waals surface area contributed by atoms with Crippen molar-refractivity contribution < 1.29 is 9.72 Å². The number of fused-ring (bicyclic) bond motifs is 1. The van der Waals surface area contributed by atoms with Gasteiger partial charge in [0.25, 0.3) is 5.69 Å². The topological polar surface area (TPSA) is 79.2 Å². The minimum atomic E-state index is -0.401. The van der Waals surface area contributed by atoms with Crippen LogP contribution < -0.4 is 0 Å². The Balaban J connectivity index is 2.08. The van der Waals surface area contributed by atoms with Gasteiger partial charge in [-0.3, -0.25) is 14.9 Å². The van der Waals surface area contributed by atoms with E-state index in [9.17, 15) is 14.9 Å². The first-order valence-corrected chi connectivity index (χ1v) is 9.13. The number of rotatable bonds is 7. The molecule has 1 N–H and O–H groups in total. The van der Waals surface area contributed by atoms with Gasteiger partial charge in [-0.05, 0) is 31.0 Å². The molecule has 0 aliphatic rings. The number of hydrogen-bond acceptors (Lipinski definition) is 3. The lowest BCUT2D eigenvalue weighted by Crippen LogP contribution is -2.31. The first kappa shape index (κ1) is 18.6. The fourth-order valence-corrected chi connectivity index (χ4v) is 3.52. The minimum Gasteiger partial charge on any atom is -0.361 e. The monoisotopic (exact) mass is 365 g/mol. The third-order valence-corrected chi connectivity index (χ3v) is 4.97. The molecule has 140 valence electrons. The highest BCUT2D eigenvalue weighted by molar-refractivity contribution is 5.86. The molecular weight excluding hydrogens is 342 g/mol. The Morgan fingerprint density at radius 3 is 2.59 bits per heavy atom. The SMILES string of the molecule is CCN(CC)C(=O)CC(c1cccc([N+](=O)[O-])c1)c1c[nH]c2ccccc12. The summed E-state index contributed by atoms with van der Waals surface area (Å²) in [4.78, 5) is 28.7. The predicted octanol–water partition coefficient (Wildman–Crippen LogP) is 4.47. The van der Waals surface area contributed by atoms with Gasteiger partial charge in [0.05, 0.1) is 4.92 Å². The second-order valence-electron chi connectivity index (χ2n) is 6.46. The summed E-state index contributed by atoms with van der Waals surface area (Å²) in [6.07, 6.45) is 2.17. The molecule has 3 aromatic rings. The maximum Gasteiger partial charge on any atom is 0.269 e. The molecule has 0 saturated heterocycles. The molecule has 6 nitrogen and oxygen atoms in total. The first-order valence-electron chi connectivity index (χ1n) is 9.13. The quantitative estimate of drug-likeness (QED) is 0.496. The van der Waals surface area contributed by atoms with Crippen LogP contribution in [0.25, 0.3) is 10.9 Å². The molecular formula is C21H23N3O3. The third-order valence-electron chi connectivity index (χ3n) is 4.97. The first-order chi connectivity index (χ1) is 13.0. The van der Waals surface area contributed by atoms with Crippen molar-refractivity contribution in [3.05, 3.63) is 76.0 Å². The molecule has 0 bridgehead atoms. The van der Waals surface area contributed by atoms with Gasteiger partial charge in [0.15, 0.2) is 0 Å². The Morgan fingerprint density at radius 2 is 1.89 bits per heavy atom. The minimum absolute atomic E-state index is 0.0348.